The Kier molecular flexibility index (Phi) is 7.63. The van der Waals surface area contributed by atoms with Gasteiger partial charge in [0.25, 0.3) is 0 Å². The number of nitrogens with zero attached hydrogens (tertiary/aromatic N) is 3. The lowest BCUT2D eigenvalue weighted by atomic mass is 9.93. The lowest BCUT2D eigenvalue weighted by molar-refractivity contribution is 0.211. The van der Waals surface area contributed by atoms with Crippen LogP contribution >= 0.6 is 0 Å². The number of amidine groups is 1. The molecule has 5 rings (SSSR count). The van der Waals surface area contributed by atoms with Gasteiger partial charge >= 0.3 is 0 Å². The molecule has 0 spiro atoms. The Morgan fingerprint density at radius 3 is 2.68 bits per heavy atom. The van der Waals surface area contributed by atoms with Gasteiger partial charge in [0.2, 0.25) is 0 Å². The summed E-state index contributed by atoms with van der Waals surface area (Å²) < 4.78 is 39.8. The molecule has 0 saturated heterocycles. The lowest BCUT2D eigenvalue weighted by Crippen LogP contribution is -2.12. The highest BCUT2D eigenvalue weighted by Crippen LogP contribution is 2.32. The summed E-state index contributed by atoms with van der Waals surface area (Å²) >= 11 is 0. The van der Waals surface area contributed by atoms with Crippen LogP contribution in [0.3, 0.4) is 0 Å². The molecule has 2 aromatic rings. The number of hydrogen-bond donors (Lipinski definition) is 0. The third kappa shape index (κ3) is 5.82. The first-order valence-electron chi connectivity index (χ1n) is 13.0. The van der Waals surface area contributed by atoms with Crippen LogP contribution in [0.1, 0.15) is 51.2 Å². The largest absolute Gasteiger partial charge is 0.494 e. The minimum Gasteiger partial charge on any atom is -0.494 e. The zero-order chi connectivity index (χ0) is 26.6. The topological polar surface area (TPSA) is 55.5 Å². The Bertz CT molecular complexity index is 1400. The average Bonchev–Trinajstić information content (AvgIpc) is 3.31. The summed E-state index contributed by atoms with van der Waals surface area (Å²) in [7, 11) is 0. The molecule has 3 aliphatic heterocycles. The smallest absolute Gasteiger partial charge is 0.169 e. The van der Waals surface area contributed by atoms with Crippen molar-refractivity contribution in [3.8, 4) is 5.75 Å². The van der Waals surface area contributed by atoms with Crippen LogP contribution in [0.5, 0.6) is 5.75 Å². The summed E-state index contributed by atoms with van der Waals surface area (Å²) in [5.74, 6) is 0.429. The fourth-order valence-electron chi connectivity index (χ4n) is 4.73. The number of aliphatic imine (C=N–C) groups is 3. The van der Waals surface area contributed by atoms with Gasteiger partial charge in [-0.05, 0) is 86.6 Å². The summed E-state index contributed by atoms with van der Waals surface area (Å²) in [6.07, 6.45) is 8.42. The van der Waals surface area contributed by atoms with Crippen LogP contribution in [0.2, 0.25) is 0 Å². The van der Waals surface area contributed by atoms with E-state index >= 15 is 0 Å². The van der Waals surface area contributed by atoms with Gasteiger partial charge in [0.1, 0.15) is 18.1 Å². The van der Waals surface area contributed by atoms with Crippen molar-refractivity contribution < 1.29 is 18.3 Å². The van der Waals surface area contributed by atoms with Crippen LogP contribution in [0.25, 0.3) is 5.57 Å². The van der Waals surface area contributed by atoms with Crippen molar-refractivity contribution in [2.24, 2.45) is 20.9 Å². The van der Waals surface area contributed by atoms with Gasteiger partial charge in [0.15, 0.2) is 17.5 Å². The van der Waals surface area contributed by atoms with E-state index in [-0.39, 0.29) is 17.5 Å². The van der Waals surface area contributed by atoms with Gasteiger partial charge in [-0.3, -0.25) is 4.99 Å². The molecule has 0 bridgehead atoms. The third-order valence-electron chi connectivity index (χ3n) is 6.66. The maximum absolute atomic E-state index is 14.2. The summed E-state index contributed by atoms with van der Waals surface area (Å²) in [6, 6.07) is 12.2. The molecule has 3 aliphatic rings. The van der Waals surface area contributed by atoms with Crippen molar-refractivity contribution in [2.75, 3.05) is 13.2 Å². The monoisotopic (exact) mass is 515 g/mol. The second-order valence-corrected chi connectivity index (χ2v) is 10.0. The molecular weight excluding hydrogens is 484 g/mol. The van der Waals surface area contributed by atoms with Crippen molar-refractivity contribution in [3.05, 3.63) is 94.4 Å². The molecule has 1 atom stereocenters. The number of ether oxygens (including phenoxy) is 2. The standard InChI is InChI=1S/C31H31F2N3O2/c1-19(2)38-23-12-10-22(11-13-23)26-15-24(37-18-20(26)3)14-21-6-4-9-28-29(17-34-16-21)36-31(35-28)25-7-5-8-27(32)30(25)33/h5,7-13,15,17,19,21H,4,6,14,16,18H2,1-3H3. The maximum Gasteiger partial charge on any atom is 0.169 e. The van der Waals surface area contributed by atoms with E-state index in [1.165, 1.54) is 23.3 Å². The Balaban J connectivity index is 1.27. The normalized spacial score (nSPS) is 19.5. The molecular formula is C31H31F2N3O2. The van der Waals surface area contributed by atoms with Crippen molar-refractivity contribution in [3.63, 3.8) is 0 Å². The first-order chi connectivity index (χ1) is 18.4. The van der Waals surface area contributed by atoms with Crippen LogP contribution in [-0.4, -0.2) is 37.0 Å². The molecule has 2 aromatic carbocycles. The summed E-state index contributed by atoms with van der Waals surface area (Å²) in [6.45, 7) is 7.32. The molecule has 5 nitrogen and oxygen atoms in total. The molecule has 0 fully saturated rings. The fourth-order valence-corrected chi connectivity index (χ4v) is 4.73. The van der Waals surface area contributed by atoms with Gasteiger partial charge in [-0.15, -0.1) is 0 Å². The molecule has 0 aromatic heterocycles. The van der Waals surface area contributed by atoms with Crippen molar-refractivity contribution in [1.29, 1.82) is 0 Å². The van der Waals surface area contributed by atoms with Crippen molar-refractivity contribution in [2.45, 2.75) is 46.1 Å². The summed E-state index contributed by atoms with van der Waals surface area (Å²) in [5.41, 5.74) is 4.79. The molecule has 1 unspecified atom stereocenters. The van der Waals surface area contributed by atoms with Crippen LogP contribution in [0.4, 0.5) is 8.78 Å². The number of rotatable bonds is 6. The first kappa shape index (κ1) is 25.8. The minimum absolute atomic E-state index is 0.0526. The van der Waals surface area contributed by atoms with E-state index in [4.69, 9.17) is 9.47 Å². The van der Waals surface area contributed by atoms with Gasteiger partial charge < -0.3 is 9.47 Å². The maximum atomic E-state index is 14.2. The Morgan fingerprint density at radius 2 is 1.89 bits per heavy atom. The van der Waals surface area contributed by atoms with Crippen molar-refractivity contribution in [1.82, 2.24) is 0 Å². The van der Waals surface area contributed by atoms with Crippen LogP contribution in [0, 0.1) is 17.6 Å². The number of allylic oxidation sites excluding steroid dienone is 5. The van der Waals surface area contributed by atoms with E-state index in [2.05, 4.69) is 40.1 Å². The molecule has 0 aliphatic carbocycles. The van der Waals surface area contributed by atoms with Gasteiger partial charge in [0, 0.05) is 19.2 Å². The average molecular weight is 516 g/mol. The molecule has 0 saturated carbocycles. The Labute approximate surface area is 222 Å². The Hall–Kier alpha value is -3.87. The summed E-state index contributed by atoms with van der Waals surface area (Å²) in [5, 5.41) is 0. The zero-order valence-electron chi connectivity index (χ0n) is 21.9. The number of halogens is 2. The SMILES string of the molecule is CC1=C(c2ccc(OC(C)C)cc2)C=C(CC2CCC=C3N=C(c4cccc(F)c4F)N=C3C=NC2)OC1. The van der Waals surface area contributed by atoms with Gasteiger partial charge in [-0.2, -0.15) is 0 Å². The van der Waals surface area contributed by atoms with Crippen LogP contribution in [-0.2, 0) is 4.74 Å². The Morgan fingerprint density at radius 1 is 1.08 bits per heavy atom. The molecule has 0 N–H and O–H groups in total. The van der Waals surface area contributed by atoms with Gasteiger partial charge in [-0.1, -0.05) is 24.3 Å². The van der Waals surface area contributed by atoms with Gasteiger partial charge in [0.05, 0.1) is 23.1 Å². The predicted molar refractivity (Wildman–Crippen MR) is 148 cm³/mol. The van der Waals surface area contributed by atoms with Crippen molar-refractivity contribution >= 4 is 23.3 Å². The second-order valence-electron chi connectivity index (χ2n) is 10.0. The highest BCUT2D eigenvalue weighted by atomic mass is 19.2. The minimum atomic E-state index is -0.941. The summed E-state index contributed by atoms with van der Waals surface area (Å²) in [4.78, 5) is 13.5. The second kappa shape index (κ2) is 11.3. The predicted octanol–water partition coefficient (Wildman–Crippen LogP) is 7.10. The lowest BCUT2D eigenvalue weighted by Gasteiger charge is -2.23. The first-order valence-corrected chi connectivity index (χ1v) is 13.0. The van der Waals surface area contributed by atoms with Gasteiger partial charge in [-0.25, -0.2) is 18.8 Å². The van der Waals surface area contributed by atoms with E-state index in [9.17, 15) is 8.78 Å². The highest BCUT2D eigenvalue weighted by Gasteiger charge is 2.23. The molecule has 38 heavy (non-hydrogen) atoms. The highest BCUT2D eigenvalue weighted by molar-refractivity contribution is 6.42. The van der Waals surface area contributed by atoms with E-state index < -0.39 is 11.6 Å². The number of fused-ring (bicyclic) bond motifs is 1. The number of hydrogen-bond acceptors (Lipinski definition) is 5. The zero-order valence-corrected chi connectivity index (χ0v) is 21.9. The fraction of sp³-hybridized carbons (Fsp3) is 0.323. The molecule has 196 valence electrons. The molecule has 0 amide bonds. The molecule has 0 radical (unpaired) electrons. The van der Waals surface area contributed by atoms with Crippen LogP contribution in [0.15, 0.2) is 86.6 Å². The third-order valence-corrected chi connectivity index (χ3v) is 6.66. The quantitative estimate of drug-likeness (QED) is 0.412. The molecule has 7 heteroatoms. The van der Waals surface area contributed by atoms with E-state index in [1.54, 1.807) is 6.21 Å². The van der Waals surface area contributed by atoms with E-state index in [0.717, 1.165) is 42.4 Å². The molecule has 3 heterocycles. The van der Waals surface area contributed by atoms with E-state index in [0.29, 0.717) is 30.5 Å². The van der Waals surface area contributed by atoms with E-state index in [1.807, 2.05) is 32.1 Å². The van der Waals surface area contributed by atoms with Crippen LogP contribution < -0.4 is 4.74 Å². The number of benzene rings is 2.